The first kappa shape index (κ1) is 20.8. The summed E-state index contributed by atoms with van der Waals surface area (Å²) in [5.41, 5.74) is 2.59. The number of methoxy groups -OCH3 is 1. The highest BCUT2D eigenvalue weighted by Gasteiger charge is 2.28. The summed E-state index contributed by atoms with van der Waals surface area (Å²) in [4.78, 5) is 19.8. The highest BCUT2D eigenvalue weighted by Crippen LogP contribution is 2.22. The van der Waals surface area contributed by atoms with Gasteiger partial charge in [-0.3, -0.25) is 4.79 Å². The van der Waals surface area contributed by atoms with Crippen LogP contribution in [-0.4, -0.2) is 52.2 Å². The van der Waals surface area contributed by atoms with Crippen LogP contribution in [0.4, 0.5) is 0 Å². The van der Waals surface area contributed by atoms with Crippen LogP contribution in [0.3, 0.4) is 0 Å². The van der Waals surface area contributed by atoms with E-state index in [9.17, 15) is 4.79 Å². The Morgan fingerprint density at radius 1 is 1.10 bits per heavy atom. The van der Waals surface area contributed by atoms with Gasteiger partial charge in [0.25, 0.3) is 0 Å². The molecule has 4 rings (SSSR count). The number of piperidine rings is 1. The maximum absolute atomic E-state index is 13.0. The van der Waals surface area contributed by atoms with Gasteiger partial charge in [-0.15, -0.1) is 0 Å². The molecule has 1 fully saturated rings. The van der Waals surface area contributed by atoms with Crippen LogP contribution < -0.4 is 4.74 Å². The summed E-state index contributed by atoms with van der Waals surface area (Å²) in [7, 11) is 1.69. The molecule has 30 heavy (non-hydrogen) atoms. The van der Waals surface area contributed by atoms with Gasteiger partial charge in [0, 0.05) is 19.0 Å². The zero-order valence-electron chi connectivity index (χ0n) is 17.4. The van der Waals surface area contributed by atoms with Crippen molar-refractivity contribution in [3.8, 4) is 5.75 Å². The zero-order chi connectivity index (χ0) is 20.8. The molecule has 1 aromatic carbocycles. The summed E-state index contributed by atoms with van der Waals surface area (Å²) in [5, 5.41) is 8.50. The number of aryl methyl sites for hydroxylation is 2. The van der Waals surface area contributed by atoms with E-state index in [2.05, 4.69) is 43.9 Å². The Balaban J connectivity index is 1.25. The monoisotopic (exact) mass is 424 g/mol. The number of carbonyl (C=O) groups is 1. The van der Waals surface area contributed by atoms with Crippen LogP contribution in [-0.2, 0) is 19.4 Å². The molecule has 7 heteroatoms. The molecule has 0 radical (unpaired) electrons. The summed E-state index contributed by atoms with van der Waals surface area (Å²) in [6.45, 7) is 3.62. The Bertz CT molecular complexity index is 929. The van der Waals surface area contributed by atoms with Gasteiger partial charge in [0.15, 0.2) is 5.82 Å². The molecule has 0 amide bonds. The van der Waals surface area contributed by atoms with Crippen molar-refractivity contribution < 1.29 is 9.53 Å². The highest BCUT2D eigenvalue weighted by atomic mass is 32.1. The van der Waals surface area contributed by atoms with Gasteiger partial charge in [0.2, 0.25) is 5.78 Å². The lowest BCUT2D eigenvalue weighted by molar-refractivity contribution is 0.0824. The molecule has 158 valence electrons. The molecule has 6 nitrogen and oxygen atoms in total. The number of benzene rings is 1. The van der Waals surface area contributed by atoms with E-state index in [-0.39, 0.29) is 11.7 Å². The topological polar surface area (TPSA) is 60.2 Å². The van der Waals surface area contributed by atoms with Crippen molar-refractivity contribution in [3.63, 3.8) is 0 Å². The summed E-state index contributed by atoms with van der Waals surface area (Å²) in [6.07, 6.45) is 5.17. The van der Waals surface area contributed by atoms with Gasteiger partial charge in [-0.1, -0.05) is 12.1 Å². The summed E-state index contributed by atoms with van der Waals surface area (Å²) >= 11 is 1.69. The first-order chi connectivity index (χ1) is 14.7. The molecule has 0 saturated carbocycles. The van der Waals surface area contributed by atoms with Crippen LogP contribution in [0.25, 0.3) is 0 Å². The first-order valence-corrected chi connectivity index (χ1v) is 11.5. The molecule has 3 aromatic rings. The number of thiophene rings is 1. The second-order valence-corrected chi connectivity index (χ2v) is 8.55. The fourth-order valence-electron chi connectivity index (χ4n) is 3.97. The van der Waals surface area contributed by atoms with Crippen molar-refractivity contribution >= 4 is 17.1 Å². The molecule has 1 saturated heterocycles. The number of carbonyl (C=O) groups excluding carboxylic acids is 1. The SMILES string of the molecule is COc1ccc(CCN2CCC(C(=O)c3ncnn3CCc3ccsc3)CC2)cc1. The summed E-state index contributed by atoms with van der Waals surface area (Å²) < 4.78 is 6.99. The largest absolute Gasteiger partial charge is 0.497 e. The molecular formula is C23H28N4O2S. The highest BCUT2D eigenvalue weighted by molar-refractivity contribution is 7.07. The molecule has 2 aromatic heterocycles. The smallest absolute Gasteiger partial charge is 0.202 e. The molecule has 0 unspecified atom stereocenters. The predicted octanol–water partition coefficient (Wildman–Crippen LogP) is 3.73. The second kappa shape index (κ2) is 10.00. The number of Topliss-reactive ketones (excluding diaryl/α,β-unsaturated/α-hetero) is 1. The molecule has 0 aliphatic carbocycles. The minimum Gasteiger partial charge on any atom is -0.497 e. The van der Waals surface area contributed by atoms with Gasteiger partial charge in [0.05, 0.1) is 7.11 Å². The van der Waals surface area contributed by atoms with Gasteiger partial charge in [-0.05, 0) is 78.9 Å². The zero-order valence-corrected chi connectivity index (χ0v) is 18.2. The Morgan fingerprint density at radius 3 is 2.57 bits per heavy atom. The van der Waals surface area contributed by atoms with E-state index < -0.39 is 0 Å². The molecule has 3 heterocycles. The molecule has 1 aliphatic rings. The summed E-state index contributed by atoms with van der Waals surface area (Å²) in [6, 6.07) is 10.4. The quantitative estimate of drug-likeness (QED) is 0.490. The van der Waals surface area contributed by atoms with Gasteiger partial charge in [0.1, 0.15) is 12.1 Å². The third-order valence-electron chi connectivity index (χ3n) is 5.86. The van der Waals surface area contributed by atoms with Crippen LogP contribution >= 0.6 is 11.3 Å². The Kier molecular flexibility index (Phi) is 6.92. The summed E-state index contributed by atoms with van der Waals surface area (Å²) in [5.74, 6) is 1.60. The predicted molar refractivity (Wildman–Crippen MR) is 118 cm³/mol. The van der Waals surface area contributed by atoms with Crippen molar-refractivity contribution in [2.24, 2.45) is 5.92 Å². The molecule has 0 N–H and O–H groups in total. The number of rotatable bonds is 9. The average molecular weight is 425 g/mol. The Labute approximate surface area is 181 Å². The third kappa shape index (κ3) is 5.15. The second-order valence-electron chi connectivity index (χ2n) is 7.77. The molecule has 0 spiro atoms. The van der Waals surface area contributed by atoms with E-state index >= 15 is 0 Å². The van der Waals surface area contributed by atoms with Crippen LogP contribution in [0.2, 0.25) is 0 Å². The van der Waals surface area contributed by atoms with E-state index in [0.29, 0.717) is 12.4 Å². The third-order valence-corrected chi connectivity index (χ3v) is 6.59. The van der Waals surface area contributed by atoms with E-state index in [1.165, 1.54) is 17.5 Å². The van der Waals surface area contributed by atoms with Crippen LogP contribution in [0, 0.1) is 5.92 Å². The number of aromatic nitrogens is 3. The number of ketones is 1. The number of hydrogen-bond acceptors (Lipinski definition) is 6. The number of likely N-dealkylation sites (tertiary alicyclic amines) is 1. The minimum atomic E-state index is 0.0475. The maximum Gasteiger partial charge on any atom is 0.202 e. The standard InChI is InChI=1S/C23H28N4O2S/c1-29-21-4-2-18(3-5-21)6-11-26-12-8-20(9-13-26)22(28)23-24-17-25-27(23)14-7-19-10-15-30-16-19/h2-5,10,15-17,20H,6-9,11-14H2,1H3. The lowest BCUT2D eigenvalue weighted by atomic mass is 9.92. The van der Waals surface area contributed by atoms with Crippen LogP contribution in [0.1, 0.15) is 34.6 Å². The normalized spacial score (nSPS) is 15.4. The van der Waals surface area contributed by atoms with Gasteiger partial charge in [-0.2, -0.15) is 16.4 Å². The lowest BCUT2D eigenvalue weighted by Crippen LogP contribution is -2.38. The van der Waals surface area contributed by atoms with Crippen molar-refractivity contribution in [1.82, 2.24) is 19.7 Å². The molecule has 0 atom stereocenters. The van der Waals surface area contributed by atoms with E-state index in [1.54, 1.807) is 23.1 Å². The van der Waals surface area contributed by atoms with Crippen LogP contribution in [0.15, 0.2) is 47.4 Å². The van der Waals surface area contributed by atoms with E-state index in [1.807, 2.05) is 12.1 Å². The molecular weight excluding hydrogens is 396 g/mol. The fourth-order valence-corrected chi connectivity index (χ4v) is 4.67. The van der Waals surface area contributed by atoms with Crippen molar-refractivity contribution in [3.05, 3.63) is 64.4 Å². The van der Waals surface area contributed by atoms with Gasteiger partial charge < -0.3 is 9.64 Å². The molecule has 1 aliphatic heterocycles. The number of hydrogen-bond donors (Lipinski definition) is 0. The van der Waals surface area contributed by atoms with Crippen LogP contribution in [0.5, 0.6) is 5.75 Å². The molecule has 0 bridgehead atoms. The van der Waals surface area contributed by atoms with E-state index in [4.69, 9.17) is 4.74 Å². The number of nitrogens with zero attached hydrogens (tertiary/aromatic N) is 4. The number of ether oxygens (including phenoxy) is 1. The minimum absolute atomic E-state index is 0.0475. The van der Waals surface area contributed by atoms with Gasteiger partial charge in [-0.25, -0.2) is 9.67 Å². The Hall–Kier alpha value is -2.51. The Morgan fingerprint density at radius 2 is 1.87 bits per heavy atom. The average Bonchev–Trinajstić information content (AvgIpc) is 3.48. The first-order valence-electron chi connectivity index (χ1n) is 10.5. The van der Waals surface area contributed by atoms with Gasteiger partial charge >= 0.3 is 0 Å². The van der Waals surface area contributed by atoms with Crippen molar-refractivity contribution in [1.29, 1.82) is 0 Å². The lowest BCUT2D eigenvalue weighted by Gasteiger charge is -2.31. The maximum atomic E-state index is 13.0. The van der Waals surface area contributed by atoms with Crippen molar-refractivity contribution in [2.45, 2.75) is 32.2 Å². The fraction of sp³-hybridized carbons (Fsp3) is 0.435. The van der Waals surface area contributed by atoms with E-state index in [0.717, 1.165) is 51.1 Å². The van der Waals surface area contributed by atoms with Crippen molar-refractivity contribution in [2.75, 3.05) is 26.7 Å².